The van der Waals surface area contributed by atoms with Gasteiger partial charge in [0, 0.05) is 32.4 Å². The summed E-state index contributed by atoms with van der Waals surface area (Å²) in [6.07, 6.45) is 6.29. The Morgan fingerprint density at radius 2 is 1.90 bits per heavy atom. The zero-order valence-corrected chi connectivity index (χ0v) is 11.5. The molecule has 1 aromatic rings. The van der Waals surface area contributed by atoms with E-state index in [1.54, 1.807) is 12.3 Å². The van der Waals surface area contributed by atoms with E-state index >= 15 is 0 Å². The van der Waals surface area contributed by atoms with Gasteiger partial charge in [-0.15, -0.1) is 0 Å². The number of ether oxygens (including phenoxy) is 1. The second-order valence-corrected chi connectivity index (χ2v) is 5.73. The predicted octanol–water partition coefficient (Wildman–Crippen LogP) is 2.39. The standard InChI is InChI=1S/C14H19N3O3/c18-17(19)13-2-1-12(11-15-13)16-7-3-14(4-8-16)5-9-20-10-6-14/h1-2,11H,3-10H2. The predicted molar refractivity (Wildman–Crippen MR) is 74.8 cm³/mol. The summed E-state index contributed by atoms with van der Waals surface area (Å²) in [5.41, 5.74) is 1.45. The molecule has 0 aliphatic carbocycles. The minimum Gasteiger partial charge on any atom is -0.381 e. The van der Waals surface area contributed by atoms with E-state index in [0.29, 0.717) is 5.41 Å². The highest BCUT2D eigenvalue weighted by atomic mass is 16.6. The van der Waals surface area contributed by atoms with E-state index in [-0.39, 0.29) is 5.82 Å². The first-order chi connectivity index (χ1) is 9.69. The van der Waals surface area contributed by atoms with Crippen molar-refractivity contribution in [3.8, 4) is 0 Å². The van der Waals surface area contributed by atoms with E-state index in [4.69, 9.17) is 4.74 Å². The number of pyridine rings is 1. The van der Waals surface area contributed by atoms with Gasteiger partial charge in [0.05, 0.1) is 5.69 Å². The zero-order valence-electron chi connectivity index (χ0n) is 11.5. The Bertz CT molecular complexity index is 473. The summed E-state index contributed by atoms with van der Waals surface area (Å²) in [6, 6.07) is 3.28. The summed E-state index contributed by atoms with van der Waals surface area (Å²) in [4.78, 5) is 16.3. The molecule has 0 amide bonds. The Morgan fingerprint density at radius 1 is 1.20 bits per heavy atom. The molecular formula is C14H19N3O3. The molecule has 1 aromatic heterocycles. The fourth-order valence-corrected chi connectivity index (χ4v) is 3.22. The van der Waals surface area contributed by atoms with Crippen LogP contribution in [0.1, 0.15) is 25.7 Å². The molecule has 6 heteroatoms. The maximum atomic E-state index is 10.6. The quantitative estimate of drug-likeness (QED) is 0.613. The van der Waals surface area contributed by atoms with Gasteiger partial charge in [-0.05, 0) is 47.1 Å². The van der Waals surface area contributed by atoms with Gasteiger partial charge in [-0.25, -0.2) is 0 Å². The van der Waals surface area contributed by atoms with Crippen LogP contribution < -0.4 is 4.90 Å². The van der Waals surface area contributed by atoms with Gasteiger partial charge in [0.25, 0.3) is 0 Å². The molecule has 2 aliphatic rings. The molecule has 20 heavy (non-hydrogen) atoms. The minimum absolute atomic E-state index is 0.0911. The van der Waals surface area contributed by atoms with Crippen molar-refractivity contribution in [3.63, 3.8) is 0 Å². The Balaban J connectivity index is 1.64. The van der Waals surface area contributed by atoms with Crippen LogP contribution in [0.15, 0.2) is 18.3 Å². The molecule has 2 fully saturated rings. The summed E-state index contributed by atoms with van der Waals surface area (Å²) >= 11 is 0. The number of hydrogen-bond donors (Lipinski definition) is 0. The van der Waals surface area contributed by atoms with E-state index < -0.39 is 4.92 Å². The molecule has 6 nitrogen and oxygen atoms in total. The monoisotopic (exact) mass is 277 g/mol. The Labute approximate surface area is 117 Å². The first-order valence-corrected chi connectivity index (χ1v) is 7.12. The van der Waals surface area contributed by atoms with Crippen molar-refractivity contribution in [2.24, 2.45) is 5.41 Å². The highest BCUT2D eigenvalue weighted by Gasteiger charge is 2.36. The van der Waals surface area contributed by atoms with Crippen LogP contribution >= 0.6 is 0 Å². The van der Waals surface area contributed by atoms with Crippen molar-refractivity contribution < 1.29 is 9.66 Å². The molecule has 108 valence electrons. The fraction of sp³-hybridized carbons (Fsp3) is 0.643. The highest BCUT2D eigenvalue weighted by Crippen LogP contribution is 2.41. The smallest absolute Gasteiger partial charge is 0.363 e. The molecule has 0 N–H and O–H groups in total. The lowest BCUT2D eigenvalue weighted by atomic mass is 9.72. The lowest BCUT2D eigenvalue weighted by molar-refractivity contribution is -0.389. The Kier molecular flexibility index (Phi) is 3.56. The molecule has 2 aliphatic heterocycles. The normalized spacial score (nSPS) is 21.9. The number of nitrogens with zero attached hydrogens (tertiary/aromatic N) is 3. The molecular weight excluding hydrogens is 258 g/mol. The summed E-state index contributed by atoms with van der Waals surface area (Å²) in [5.74, 6) is -0.0911. The van der Waals surface area contributed by atoms with E-state index in [0.717, 1.165) is 32.0 Å². The van der Waals surface area contributed by atoms with E-state index in [2.05, 4.69) is 9.88 Å². The lowest BCUT2D eigenvalue weighted by Gasteiger charge is -2.44. The molecule has 0 bridgehead atoms. The second-order valence-electron chi connectivity index (χ2n) is 5.73. The fourth-order valence-electron chi connectivity index (χ4n) is 3.22. The van der Waals surface area contributed by atoms with Crippen molar-refractivity contribution in [2.75, 3.05) is 31.2 Å². The number of anilines is 1. The molecule has 0 unspecified atom stereocenters. The second kappa shape index (κ2) is 5.36. The van der Waals surface area contributed by atoms with Crippen LogP contribution in [-0.2, 0) is 4.74 Å². The maximum absolute atomic E-state index is 10.6. The topological polar surface area (TPSA) is 68.5 Å². The van der Waals surface area contributed by atoms with Gasteiger partial charge in [-0.3, -0.25) is 0 Å². The van der Waals surface area contributed by atoms with Crippen molar-refractivity contribution in [2.45, 2.75) is 25.7 Å². The molecule has 0 saturated carbocycles. The van der Waals surface area contributed by atoms with Gasteiger partial charge < -0.3 is 19.8 Å². The van der Waals surface area contributed by atoms with Crippen LogP contribution in [0.4, 0.5) is 11.5 Å². The van der Waals surface area contributed by atoms with Gasteiger partial charge in [0.15, 0.2) is 6.20 Å². The summed E-state index contributed by atoms with van der Waals surface area (Å²) in [5, 5.41) is 10.6. The van der Waals surface area contributed by atoms with Gasteiger partial charge in [0.2, 0.25) is 0 Å². The first-order valence-electron chi connectivity index (χ1n) is 7.12. The van der Waals surface area contributed by atoms with E-state index in [1.807, 2.05) is 0 Å². The van der Waals surface area contributed by atoms with Crippen molar-refractivity contribution in [3.05, 3.63) is 28.4 Å². The molecule has 0 atom stereocenters. The zero-order chi connectivity index (χ0) is 14.0. The SMILES string of the molecule is O=[N+]([O-])c1ccc(N2CCC3(CCOCC3)CC2)cn1. The van der Waals surface area contributed by atoms with Crippen LogP contribution in [0.3, 0.4) is 0 Å². The molecule has 1 spiro atoms. The lowest BCUT2D eigenvalue weighted by Crippen LogP contribution is -2.43. The van der Waals surface area contributed by atoms with Gasteiger partial charge in [-0.1, -0.05) is 0 Å². The Morgan fingerprint density at radius 3 is 2.45 bits per heavy atom. The minimum atomic E-state index is -0.461. The molecule has 3 rings (SSSR count). The van der Waals surface area contributed by atoms with E-state index in [1.165, 1.54) is 31.7 Å². The van der Waals surface area contributed by atoms with Crippen LogP contribution in [0.2, 0.25) is 0 Å². The van der Waals surface area contributed by atoms with Crippen LogP contribution in [0, 0.1) is 15.5 Å². The number of rotatable bonds is 2. The van der Waals surface area contributed by atoms with Crippen molar-refractivity contribution in [1.29, 1.82) is 0 Å². The van der Waals surface area contributed by atoms with Gasteiger partial charge in [0.1, 0.15) is 0 Å². The Hall–Kier alpha value is -1.69. The highest BCUT2D eigenvalue weighted by molar-refractivity contribution is 5.47. The van der Waals surface area contributed by atoms with Crippen LogP contribution in [0.5, 0.6) is 0 Å². The molecule has 3 heterocycles. The summed E-state index contributed by atoms with van der Waals surface area (Å²) < 4.78 is 5.46. The first kappa shape index (κ1) is 13.3. The van der Waals surface area contributed by atoms with Crippen molar-refractivity contribution in [1.82, 2.24) is 4.98 Å². The van der Waals surface area contributed by atoms with Crippen LogP contribution in [-0.4, -0.2) is 36.2 Å². The molecule has 0 aromatic carbocycles. The van der Waals surface area contributed by atoms with Gasteiger partial charge in [-0.2, -0.15) is 0 Å². The maximum Gasteiger partial charge on any atom is 0.363 e. The third kappa shape index (κ3) is 2.60. The van der Waals surface area contributed by atoms with E-state index in [9.17, 15) is 10.1 Å². The van der Waals surface area contributed by atoms with Crippen molar-refractivity contribution >= 4 is 11.5 Å². The average molecular weight is 277 g/mol. The molecule has 2 saturated heterocycles. The third-order valence-electron chi connectivity index (χ3n) is 4.66. The third-order valence-corrected chi connectivity index (χ3v) is 4.66. The summed E-state index contributed by atoms with van der Waals surface area (Å²) in [6.45, 7) is 3.77. The summed E-state index contributed by atoms with van der Waals surface area (Å²) in [7, 11) is 0. The average Bonchev–Trinajstić information content (AvgIpc) is 2.49. The van der Waals surface area contributed by atoms with Gasteiger partial charge >= 0.3 is 5.82 Å². The number of aromatic nitrogens is 1. The van der Waals surface area contributed by atoms with Crippen LogP contribution in [0.25, 0.3) is 0 Å². The number of hydrogen-bond acceptors (Lipinski definition) is 5. The largest absolute Gasteiger partial charge is 0.381 e. The number of nitro groups is 1. The molecule has 0 radical (unpaired) electrons. The number of piperidine rings is 1.